The van der Waals surface area contributed by atoms with Crippen molar-refractivity contribution < 1.29 is 9.53 Å². The van der Waals surface area contributed by atoms with Crippen molar-refractivity contribution >= 4 is 5.97 Å². The first kappa shape index (κ1) is 25.1. The minimum atomic E-state index is -0.217. The van der Waals surface area contributed by atoms with Gasteiger partial charge in [0, 0.05) is 12.0 Å². The second-order valence-corrected chi connectivity index (χ2v) is 13.3. The number of ether oxygens (including phenoxy) is 1. The lowest BCUT2D eigenvalue weighted by Gasteiger charge is -2.58. The third-order valence-electron chi connectivity index (χ3n) is 10.9. The van der Waals surface area contributed by atoms with Gasteiger partial charge in [-0.2, -0.15) is 0 Å². The summed E-state index contributed by atoms with van der Waals surface area (Å²) < 4.78 is 5.78. The highest BCUT2D eigenvalue weighted by atomic mass is 16.5. The molecule has 0 N–H and O–H groups in total. The highest BCUT2D eigenvalue weighted by Crippen LogP contribution is 2.67. The van der Waals surface area contributed by atoms with Gasteiger partial charge in [-0.05, 0) is 98.2 Å². The second kappa shape index (κ2) is 9.54. The number of carbonyl (C=O) groups excluding carboxylic acids is 1. The topological polar surface area (TPSA) is 26.3 Å². The molecule has 0 bridgehead atoms. The maximum Gasteiger partial charge on any atom is 0.333 e. The third-order valence-corrected chi connectivity index (χ3v) is 10.9. The van der Waals surface area contributed by atoms with Crippen LogP contribution in [0.3, 0.4) is 0 Å². The van der Waals surface area contributed by atoms with Gasteiger partial charge in [0.25, 0.3) is 0 Å². The zero-order valence-corrected chi connectivity index (χ0v) is 22.4. The average Bonchev–Trinajstić information content (AvgIpc) is 3.11. The standard InChI is InChI=1S/C31H50O2/c1-20(2)9-8-10-22(5)26-13-14-27-25-12-11-23-19-24(33-29(32)21(3)4)15-17-30(23,6)28(25)16-18-31(26,27)7/h11,20,22,24-28H,3,8-10,12-19H2,1-2,4-7H3/t22-,24+,25+,26-,27+,28+,30+,31-/m1/s1. The molecule has 0 aliphatic heterocycles. The van der Waals surface area contributed by atoms with E-state index in [9.17, 15) is 4.79 Å². The lowest BCUT2D eigenvalue weighted by molar-refractivity contribution is -0.146. The van der Waals surface area contributed by atoms with Gasteiger partial charge in [0.1, 0.15) is 6.10 Å². The molecule has 0 saturated heterocycles. The van der Waals surface area contributed by atoms with E-state index in [0.29, 0.717) is 16.4 Å². The molecule has 0 radical (unpaired) electrons. The molecule has 3 fully saturated rings. The summed E-state index contributed by atoms with van der Waals surface area (Å²) in [5.74, 6) is 5.00. The zero-order chi connectivity index (χ0) is 24.0. The second-order valence-electron chi connectivity index (χ2n) is 13.3. The van der Waals surface area contributed by atoms with Crippen molar-refractivity contribution in [3.63, 3.8) is 0 Å². The summed E-state index contributed by atoms with van der Waals surface area (Å²) in [6.45, 7) is 18.0. The fourth-order valence-corrected chi connectivity index (χ4v) is 9.00. The van der Waals surface area contributed by atoms with Gasteiger partial charge in [-0.1, -0.05) is 72.1 Å². The lowest BCUT2D eigenvalue weighted by atomic mass is 9.47. The summed E-state index contributed by atoms with van der Waals surface area (Å²) in [5.41, 5.74) is 2.97. The van der Waals surface area contributed by atoms with Crippen LogP contribution in [-0.2, 0) is 9.53 Å². The molecule has 0 unspecified atom stereocenters. The van der Waals surface area contributed by atoms with E-state index < -0.39 is 0 Å². The molecule has 0 aromatic rings. The summed E-state index contributed by atoms with van der Waals surface area (Å²) >= 11 is 0. The summed E-state index contributed by atoms with van der Waals surface area (Å²) in [4.78, 5) is 12.1. The smallest absolute Gasteiger partial charge is 0.333 e. The van der Waals surface area contributed by atoms with E-state index in [4.69, 9.17) is 4.74 Å². The van der Waals surface area contributed by atoms with Gasteiger partial charge in [-0.3, -0.25) is 0 Å². The number of allylic oxidation sites excluding steroid dienone is 1. The normalized spacial score (nSPS) is 40.9. The molecule has 0 amide bonds. The molecular weight excluding hydrogens is 404 g/mol. The molecule has 33 heavy (non-hydrogen) atoms. The molecule has 186 valence electrons. The van der Waals surface area contributed by atoms with Gasteiger partial charge >= 0.3 is 5.97 Å². The fraction of sp³-hybridized carbons (Fsp3) is 0.839. The minimum Gasteiger partial charge on any atom is -0.459 e. The fourth-order valence-electron chi connectivity index (χ4n) is 9.00. The van der Waals surface area contributed by atoms with Crippen molar-refractivity contribution in [2.24, 2.45) is 46.3 Å². The van der Waals surface area contributed by atoms with E-state index >= 15 is 0 Å². The predicted molar refractivity (Wildman–Crippen MR) is 138 cm³/mol. The first-order chi connectivity index (χ1) is 15.6. The number of esters is 1. The summed E-state index contributed by atoms with van der Waals surface area (Å²) in [7, 11) is 0. The van der Waals surface area contributed by atoms with E-state index in [2.05, 4.69) is 47.3 Å². The van der Waals surface area contributed by atoms with Gasteiger partial charge < -0.3 is 4.74 Å². The van der Waals surface area contributed by atoms with Crippen molar-refractivity contribution in [3.8, 4) is 0 Å². The van der Waals surface area contributed by atoms with Crippen LogP contribution < -0.4 is 0 Å². The Labute approximate surface area is 204 Å². The number of rotatable bonds is 7. The Morgan fingerprint density at radius 3 is 2.55 bits per heavy atom. The van der Waals surface area contributed by atoms with Crippen LogP contribution in [0.4, 0.5) is 0 Å². The maximum atomic E-state index is 12.1. The summed E-state index contributed by atoms with van der Waals surface area (Å²) in [6, 6.07) is 0. The van der Waals surface area contributed by atoms with Crippen LogP contribution in [0.2, 0.25) is 0 Å². The van der Waals surface area contributed by atoms with Gasteiger partial charge in [0.05, 0.1) is 0 Å². The molecule has 3 saturated carbocycles. The highest BCUT2D eigenvalue weighted by Gasteiger charge is 2.59. The Balaban J connectivity index is 1.45. The Bertz CT molecular complexity index is 778. The van der Waals surface area contributed by atoms with Crippen molar-refractivity contribution in [2.45, 2.75) is 118 Å². The molecule has 2 nitrogen and oxygen atoms in total. The Morgan fingerprint density at radius 1 is 1.09 bits per heavy atom. The van der Waals surface area contributed by atoms with E-state index in [1.165, 1.54) is 57.8 Å². The Morgan fingerprint density at radius 2 is 1.85 bits per heavy atom. The monoisotopic (exact) mass is 454 g/mol. The molecule has 0 aromatic heterocycles. The van der Waals surface area contributed by atoms with E-state index in [-0.39, 0.29) is 12.1 Å². The third kappa shape index (κ3) is 4.62. The molecule has 0 spiro atoms. The van der Waals surface area contributed by atoms with Crippen LogP contribution in [0.5, 0.6) is 0 Å². The number of carbonyl (C=O) groups is 1. The molecule has 4 aliphatic carbocycles. The molecule has 4 aliphatic rings. The average molecular weight is 455 g/mol. The zero-order valence-electron chi connectivity index (χ0n) is 22.4. The molecular formula is C31H50O2. The van der Waals surface area contributed by atoms with E-state index in [1.54, 1.807) is 12.5 Å². The summed E-state index contributed by atoms with van der Waals surface area (Å²) in [6.07, 6.45) is 17.0. The van der Waals surface area contributed by atoms with Gasteiger partial charge in [-0.15, -0.1) is 0 Å². The van der Waals surface area contributed by atoms with E-state index in [0.717, 1.165) is 48.3 Å². The minimum absolute atomic E-state index is 0.0430. The van der Waals surface area contributed by atoms with Crippen molar-refractivity contribution in [2.75, 3.05) is 0 Å². The molecule has 2 heteroatoms. The maximum absolute atomic E-state index is 12.1. The predicted octanol–water partition coefficient (Wildman–Crippen LogP) is 8.52. The summed E-state index contributed by atoms with van der Waals surface area (Å²) in [5, 5.41) is 0. The Hall–Kier alpha value is -1.05. The van der Waals surface area contributed by atoms with Crippen LogP contribution in [-0.4, -0.2) is 12.1 Å². The number of hydrogen-bond donors (Lipinski definition) is 0. The van der Waals surface area contributed by atoms with Crippen LogP contribution in [0, 0.1) is 46.3 Å². The quantitative estimate of drug-likeness (QED) is 0.219. The Kier molecular flexibility index (Phi) is 7.24. The van der Waals surface area contributed by atoms with Gasteiger partial charge in [0.2, 0.25) is 0 Å². The molecule has 0 aromatic carbocycles. The number of fused-ring (bicyclic) bond motifs is 5. The first-order valence-electron chi connectivity index (χ1n) is 14.1. The molecule has 4 rings (SSSR count). The van der Waals surface area contributed by atoms with Crippen molar-refractivity contribution in [1.82, 2.24) is 0 Å². The molecule has 8 atom stereocenters. The number of hydrogen-bond acceptors (Lipinski definition) is 2. The lowest BCUT2D eigenvalue weighted by Crippen LogP contribution is -2.51. The van der Waals surface area contributed by atoms with Crippen LogP contribution >= 0.6 is 0 Å². The van der Waals surface area contributed by atoms with E-state index in [1.807, 2.05) is 0 Å². The van der Waals surface area contributed by atoms with Gasteiger partial charge in [0.15, 0.2) is 0 Å². The largest absolute Gasteiger partial charge is 0.459 e. The SMILES string of the molecule is C=C(C)C(=O)O[C@H]1CC[C@@]2(C)C(=CC[C@H]3[C@@H]4CC[C@H]([C@H](C)CCCC(C)C)[C@@]4(C)CC[C@@H]32)C1. The van der Waals surface area contributed by atoms with Crippen molar-refractivity contribution in [1.29, 1.82) is 0 Å². The van der Waals surface area contributed by atoms with Gasteiger partial charge in [-0.25, -0.2) is 4.79 Å². The van der Waals surface area contributed by atoms with Crippen molar-refractivity contribution in [3.05, 3.63) is 23.8 Å². The van der Waals surface area contributed by atoms with Crippen LogP contribution in [0.15, 0.2) is 23.8 Å². The van der Waals surface area contributed by atoms with Crippen LogP contribution in [0.1, 0.15) is 112 Å². The molecule has 0 heterocycles. The first-order valence-corrected chi connectivity index (χ1v) is 14.1. The van der Waals surface area contributed by atoms with Crippen LogP contribution in [0.25, 0.3) is 0 Å². The highest BCUT2D eigenvalue weighted by molar-refractivity contribution is 5.87.